The molecule has 2 aromatic carbocycles. The van der Waals surface area contributed by atoms with Gasteiger partial charge in [-0.25, -0.2) is 8.42 Å². The van der Waals surface area contributed by atoms with Crippen molar-refractivity contribution < 1.29 is 13.2 Å². The molecular formula is C19H21N3O3S. The second kappa shape index (κ2) is 8.13. The maximum absolute atomic E-state index is 13.0. The van der Waals surface area contributed by atoms with Gasteiger partial charge in [-0.2, -0.15) is 9.57 Å². The molecule has 0 aliphatic carbocycles. The summed E-state index contributed by atoms with van der Waals surface area (Å²) in [7, 11) is -3.99. The largest absolute Gasteiger partial charge is 0.325 e. The molecule has 0 radical (unpaired) electrons. The highest BCUT2D eigenvalue weighted by atomic mass is 32.2. The summed E-state index contributed by atoms with van der Waals surface area (Å²) in [5, 5.41) is 11.9. The number of sulfonamides is 1. The molecule has 0 aliphatic rings. The Balaban J connectivity index is 2.29. The summed E-state index contributed by atoms with van der Waals surface area (Å²) in [6, 6.07) is 14.2. The molecule has 0 bridgehead atoms. The van der Waals surface area contributed by atoms with Gasteiger partial charge >= 0.3 is 0 Å². The summed E-state index contributed by atoms with van der Waals surface area (Å²) in [5.41, 5.74) is 1.71. The third-order valence-corrected chi connectivity index (χ3v) is 6.14. The summed E-state index contributed by atoms with van der Waals surface area (Å²) in [6.45, 7) is 5.22. The van der Waals surface area contributed by atoms with Crippen LogP contribution in [0.15, 0.2) is 53.4 Å². The van der Waals surface area contributed by atoms with E-state index in [1.54, 1.807) is 31.2 Å². The van der Waals surface area contributed by atoms with E-state index in [1.165, 1.54) is 19.1 Å². The number of anilines is 1. The fourth-order valence-electron chi connectivity index (χ4n) is 2.58. The van der Waals surface area contributed by atoms with Crippen LogP contribution in [0.2, 0.25) is 0 Å². The Morgan fingerprint density at radius 3 is 2.38 bits per heavy atom. The number of nitrogens with one attached hydrogen (secondary N) is 1. The lowest BCUT2D eigenvalue weighted by molar-refractivity contribution is -0.119. The molecule has 2 rings (SSSR count). The van der Waals surface area contributed by atoms with E-state index >= 15 is 0 Å². The minimum Gasteiger partial charge on any atom is -0.325 e. The number of carbonyl (C=O) groups excluding carboxylic acids is 1. The van der Waals surface area contributed by atoms with Crippen LogP contribution in [0.4, 0.5) is 5.69 Å². The van der Waals surface area contributed by atoms with E-state index in [-0.39, 0.29) is 17.0 Å². The fraction of sp³-hybridized carbons (Fsp3) is 0.263. The molecule has 0 aliphatic heterocycles. The van der Waals surface area contributed by atoms with Gasteiger partial charge in [0.2, 0.25) is 15.9 Å². The van der Waals surface area contributed by atoms with Crippen molar-refractivity contribution in [2.75, 3.05) is 11.9 Å². The zero-order chi connectivity index (χ0) is 19.3. The van der Waals surface area contributed by atoms with Crippen LogP contribution in [0.25, 0.3) is 0 Å². The number of hydrogen-bond acceptors (Lipinski definition) is 4. The van der Waals surface area contributed by atoms with Crippen molar-refractivity contribution in [3.63, 3.8) is 0 Å². The lowest BCUT2D eigenvalue weighted by atomic mass is 10.2. The van der Waals surface area contributed by atoms with Crippen LogP contribution in [0.5, 0.6) is 0 Å². The van der Waals surface area contributed by atoms with E-state index in [0.29, 0.717) is 5.69 Å². The molecule has 0 unspecified atom stereocenters. The van der Waals surface area contributed by atoms with Crippen LogP contribution < -0.4 is 5.32 Å². The standard InChI is InChI=1S/C19H21N3O3S/c1-4-22(26(24,25)18-8-6-5-7-16(18)13-20)15(3)19(23)21-17-11-9-14(2)10-12-17/h5-12,15H,4H2,1-3H3,(H,21,23)/t15-/m0/s1. The van der Waals surface area contributed by atoms with Crippen LogP contribution >= 0.6 is 0 Å². The Kier molecular flexibility index (Phi) is 6.14. The molecule has 7 heteroatoms. The summed E-state index contributed by atoms with van der Waals surface area (Å²) in [4.78, 5) is 12.5. The fourth-order valence-corrected chi connectivity index (χ4v) is 4.32. The maximum Gasteiger partial charge on any atom is 0.245 e. The minimum atomic E-state index is -3.99. The molecule has 6 nitrogen and oxygen atoms in total. The molecule has 1 N–H and O–H groups in total. The highest BCUT2D eigenvalue weighted by Crippen LogP contribution is 2.22. The predicted molar refractivity (Wildman–Crippen MR) is 100.0 cm³/mol. The van der Waals surface area contributed by atoms with E-state index < -0.39 is 22.0 Å². The summed E-state index contributed by atoms with van der Waals surface area (Å²) in [5.74, 6) is -0.436. The van der Waals surface area contributed by atoms with Crippen molar-refractivity contribution in [2.24, 2.45) is 0 Å². The molecule has 1 atom stereocenters. The Bertz CT molecular complexity index is 931. The summed E-state index contributed by atoms with van der Waals surface area (Å²) in [6.07, 6.45) is 0. The number of carbonyl (C=O) groups is 1. The number of aryl methyl sites for hydroxylation is 1. The van der Waals surface area contributed by atoms with Crippen molar-refractivity contribution in [1.29, 1.82) is 5.26 Å². The van der Waals surface area contributed by atoms with E-state index in [4.69, 9.17) is 0 Å². The molecule has 0 saturated carbocycles. The van der Waals surface area contributed by atoms with Gasteiger partial charge in [-0.1, -0.05) is 36.8 Å². The number of rotatable bonds is 6. The molecule has 0 heterocycles. The highest BCUT2D eigenvalue weighted by Gasteiger charge is 2.33. The number of nitrogens with zero attached hydrogens (tertiary/aromatic N) is 2. The SMILES string of the molecule is CCN([C@@H](C)C(=O)Nc1ccc(C)cc1)S(=O)(=O)c1ccccc1C#N. The predicted octanol–water partition coefficient (Wildman–Crippen LogP) is 2.90. The summed E-state index contributed by atoms with van der Waals surface area (Å²) >= 11 is 0. The Morgan fingerprint density at radius 2 is 1.81 bits per heavy atom. The van der Waals surface area contributed by atoms with Crippen molar-refractivity contribution >= 4 is 21.6 Å². The third kappa shape index (κ3) is 4.10. The van der Waals surface area contributed by atoms with E-state index in [1.807, 2.05) is 25.1 Å². The first kappa shape index (κ1) is 19.6. The lowest BCUT2D eigenvalue weighted by Crippen LogP contribution is -2.45. The smallest absolute Gasteiger partial charge is 0.245 e. The van der Waals surface area contributed by atoms with Gasteiger partial charge in [-0.05, 0) is 38.1 Å². The highest BCUT2D eigenvalue weighted by molar-refractivity contribution is 7.89. The van der Waals surface area contributed by atoms with Crippen molar-refractivity contribution in [1.82, 2.24) is 4.31 Å². The average molecular weight is 371 g/mol. The minimum absolute atomic E-state index is 0.0529. The van der Waals surface area contributed by atoms with Crippen LogP contribution in [0.1, 0.15) is 25.0 Å². The zero-order valence-corrected chi connectivity index (χ0v) is 15.7. The van der Waals surface area contributed by atoms with Crippen molar-refractivity contribution in [3.05, 3.63) is 59.7 Å². The number of benzene rings is 2. The molecule has 1 amide bonds. The number of likely N-dealkylation sites (N-methyl/N-ethyl adjacent to an activating group) is 1. The average Bonchev–Trinajstić information content (AvgIpc) is 2.63. The van der Waals surface area contributed by atoms with Crippen LogP contribution in [-0.4, -0.2) is 31.2 Å². The topological polar surface area (TPSA) is 90.3 Å². The van der Waals surface area contributed by atoms with Gasteiger partial charge in [-0.15, -0.1) is 0 Å². The first-order chi connectivity index (χ1) is 12.3. The summed E-state index contributed by atoms with van der Waals surface area (Å²) < 4.78 is 27.1. The number of amides is 1. The number of nitriles is 1. The second-order valence-corrected chi connectivity index (χ2v) is 7.71. The van der Waals surface area contributed by atoms with Gasteiger partial charge in [-0.3, -0.25) is 4.79 Å². The normalized spacial score (nSPS) is 12.4. The van der Waals surface area contributed by atoms with Crippen LogP contribution in [0.3, 0.4) is 0 Å². The molecule has 26 heavy (non-hydrogen) atoms. The van der Waals surface area contributed by atoms with E-state index in [9.17, 15) is 18.5 Å². The molecule has 0 aromatic heterocycles. The first-order valence-corrected chi connectivity index (χ1v) is 9.63. The molecule has 2 aromatic rings. The molecule has 136 valence electrons. The zero-order valence-electron chi connectivity index (χ0n) is 14.9. The molecular weight excluding hydrogens is 350 g/mol. The second-order valence-electron chi connectivity index (χ2n) is 5.85. The van der Waals surface area contributed by atoms with Crippen molar-refractivity contribution in [3.8, 4) is 6.07 Å². The monoisotopic (exact) mass is 371 g/mol. The van der Waals surface area contributed by atoms with Crippen molar-refractivity contribution in [2.45, 2.75) is 31.7 Å². The Morgan fingerprint density at radius 1 is 1.19 bits per heavy atom. The van der Waals surface area contributed by atoms with Gasteiger partial charge < -0.3 is 5.32 Å². The maximum atomic E-state index is 13.0. The van der Waals surface area contributed by atoms with E-state index in [2.05, 4.69) is 5.32 Å². The molecule has 0 spiro atoms. The van der Waals surface area contributed by atoms with Gasteiger partial charge in [0, 0.05) is 12.2 Å². The Labute approximate surface area is 154 Å². The first-order valence-electron chi connectivity index (χ1n) is 8.19. The van der Waals surface area contributed by atoms with Gasteiger partial charge in [0.25, 0.3) is 0 Å². The van der Waals surface area contributed by atoms with E-state index in [0.717, 1.165) is 9.87 Å². The van der Waals surface area contributed by atoms with Gasteiger partial charge in [0.15, 0.2) is 0 Å². The number of hydrogen-bond donors (Lipinski definition) is 1. The quantitative estimate of drug-likeness (QED) is 0.845. The molecule has 0 saturated heterocycles. The Hall–Kier alpha value is -2.69. The van der Waals surface area contributed by atoms with Crippen LogP contribution in [0, 0.1) is 18.3 Å². The molecule has 0 fully saturated rings. The van der Waals surface area contributed by atoms with Crippen LogP contribution in [-0.2, 0) is 14.8 Å². The lowest BCUT2D eigenvalue weighted by Gasteiger charge is -2.26. The van der Waals surface area contributed by atoms with Gasteiger partial charge in [0.05, 0.1) is 10.5 Å². The third-order valence-electron chi connectivity index (χ3n) is 4.04. The van der Waals surface area contributed by atoms with Gasteiger partial charge in [0.1, 0.15) is 12.1 Å².